The summed E-state index contributed by atoms with van der Waals surface area (Å²) in [6, 6.07) is 3.49. The summed E-state index contributed by atoms with van der Waals surface area (Å²) >= 11 is 0. The molecule has 3 heterocycles. The van der Waals surface area contributed by atoms with Gasteiger partial charge in [-0.05, 0) is 31.4 Å². The number of furan rings is 1. The molecule has 6 heteroatoms. The lowest BCUT2D eigenvalue weighted by Crippen LogP contribution is -2.44. The van der Waals surface area contributed by atoms with Crippen LogP contribution in [0.1, 0.15) is 25.0 Å². The highest BCUT2D eigenvalue weighted by atomic mass is 16.4. The van der Waals surface area contributed by atoms with Gasteiger partial charge in [-0.2, -0.15) is 0 Å². The largest absolute Gasteiger partial charge is 0.481 e. The summed E-state index contributed by atoms with van der Waals surface area (Å²) in [6.07, 6.45) is 4.55. The Balaban J connectivity index is 1.54. The average Bonchev–Trinajstić information content (AvgIpc) is 3.13. The van der Waals surface area contributed by atoms with E-state index in [9.17, 15) is 9.59 Å². The number of carbonyl (C=O) groups excluding carboxylic acids is 1. The van der Waals surface area contributed by atoms with Crippen LogP contribution in [0, 0.1) is 5.92 Å². The van der Waals surface area contributed by atoms with Gasteiger partial charge in [0, 0.05) is 25.0 Å². The van der Waals surface area contributed by atoms with Crippen LogP contribution in [0.15, 0.2) is 22.8 Å². The van der Waals surface area contributed by atoms with E-state index in [1.165, 1.54) is 0 Å². The van der Waals surface area contributed by atoms with Crippen LogP contribution >= 0.6 is 0 Å². The van der Waals surface area contributed by atoms with Crippen molar-refractivity contribution in [1.82, 2.24) is 10.2 Å². The summed E-state index contributed by atoms with van der Waals surface area (Å²) in [5.41, 5.74) is 0. The first-order chi connectivity index (χ1) is 9.66. The van der Waals surface area contributed by atoms with Crippen LogP contribution in [0.25, 0.3) is 0 Å². The molecule has 3 unspecified atom stereocenters. The SMILES string of the molecule is O=C(O)C1CC2CCC1N2C(=O)NCCc1ccco1. The van der Waals surface area contributed by atoms with Gasteiger partial charge < -0.3 is 19.7 Å². The van der Waals surface area contributed by atoms with Crippen molar-refractivity contribution in [3.05, 3.63) is 24.2 Å². The quantitative estimate of drug-likeness (QED) is 0.873. The maximum absolute atomic E-state index is 12.2. The third-order valence-corrected chi connectivity index (χ3v) is 4.32. The van der Waals surface area contributed by atoms with E-state index in [1.807, 2.05) is 12.1 Å². The Morgan fingerprint density at radius 2 is 2.30 bits per heavy atom. The summed E-state index contributed by atoms with van der Waals surface area (Å²) in [6.45, 7) is 0.500. The summed E-state index contributed by atoms with van der Waals surface area (Å²) in [7, 11) is 0. The molecule has 2 fully saturated rings. The standard InChI is InChI=1S/C14H18N2O4/c17-13(18)11-8-9-3-4-12(11)16(9)14(19)15-6-5-10-2-1-7-20-10/h1-2,7,9,11-12H,3-6,8H2,(H,15,19)(H,17,18). The molecule has 0 saturated carbocycles. The van der Waals surface area contributed by atoms with Crippen molar-refractivity contribution in [3.63, 3.8) is 0 Å². The third kappa shape index (κ3) is 2.26. The maximum atomic E-state index is 12.2. The van der Waals surface area contributed by atoms with Crippen molar-refractivity contribution in [2.24, 2.45) is 5.92 Å². The van der Waals surface area contributed by atoms with Crippen LogP contribution < -0.4 is 5.32 Å². The second-order valence-electron chi connectivity index (χ2n) is 5.45. The first-order valence-corrected chi connectivity index (χ1v) is 6.98. The van der Waals surface area contributed by atoms with Gasteiger partial charge in [0.15, 0.2) is 0 Å². The van der Waals surface area contributed by atoms with Crippen molar-refractivity contribution in [2.45, 2.75) is 37.8 Å². The highest BCUT2D eigenvalue weighted by Crippen LogP contribution is 2.41. The minimum absolute atomic E-state index is 0.0877. The lowest BCUT2D eigenvalue weighted by atomic mass is 9.89. The molecular formula is C14H18N2O4. The summed E-state index contributed by atoms with van der Waals surface area (Å²) < 4.78 is 5.20. The summed E-state index contributed by atoms with van der Waals surface area (Å²) in [5.74, 6) is -0.353. The van der Waals surface area contributed by atoms with E-state index in [2.05, 4.69) is 5.32 Å². The zero-order valence-electron chi connectivity index (χ0n) is 11.1. The predicted molar refractivity (Wildman–Crippen MR) is 70.2 cm³/mol. The Labute approximate surface area is 116 Å². The fourth-order valence-electron chi connectivity index (χ4n) is 3.41. The lowest BCUT2D eigenvalue weighted by Gasteiger charge is -2.23. The fraction of sp³-hybridized carbons (Fsp3) is 0.571. The topological polar surface area (TPSA) is 82.8 Å². The molecule has 0 spiro atoms. The van der Waals surface area contributed by atoms with E-state index in [0.29, 0.717) is 19.4 Å². The number of carbonyl (C=O) groups is 2. The first-order valence-electron chi connectivity index (χ1n) is 6.98. The zero-order chi connectivity index (χ0) is 14.1. The Bertz CT molecular complexity index is 499. The number of carboxylic acid groups (broad SMARTS) is 1. The Hall–Kier alpha value is -1.98. The molecule has 1 aromatic rings. The number of fused-ring (bicyclic) bond motifs is 2. The molecule has 2 saturated heterocycles. The van der Waals surface area contributed by atoms with E-state index in [1.54, 1.807) is 11.2 Å². The molecule has 108 valence electrons. The van der Waals surface area contributed by atoms with Gasteiger partial charge >= 0.3 is 12.0 Å². The van der Waals surface area contributed by atoms with Crippen molar-refractivity contribution >= 4 is 12.0 Å². The van der Waals surface area contributed by atoms with Crippen molar-refractivity contribution in [1.29, 1.82) is 0 Å². The van der Waals surface area contributed by atoms with Gasteiger partial charge in [-0.15, -0.1) is 0 Å². The van der Waals surface area contributed by atoms with Crippen LogP contribution in [-0.2, 0) is 11.2 Å². The van der Waals surface area contributed by atoms with Gasteiger partial charge in [0.25, 0.3) is 0 Å². The van der Waals surface area contributed by atoms with Crippen molar-refractivity contribution < 1.29 is 19.1 Å². The summed E-state index contributed by atoms with van der Waals surface area (Å²) in [5, 5.41) is 12.0. The zero-order valence-corrected chi connectivity index (χ0v) is 11.1. The van der Waals surface area contributed by atoms with Gasteiger partial charge in [-0.3, -0.25) is 4.79 Å². The third-order valence-electron chi connectivity index (χ3n) is 4.32. The molecule has 2 N–H and O–H groups in total. The normalized spacial score (nSPS) is 27.8. The number of urea groups is 1. The van der Waals surface area contributed by atoms with Crippen molar-refractivity contribution in [2.75, 3.05) is 6.54 Å². The number of nitrogens with zero attached hydrogens (tertiary/aromatic N) is 1. The molecule has 2 bridgehead atoms. The summed E-state index contributed by atoms with van der Waals surface area (Å²) in [4.78, 5) is 25.1. The molecule has 2 aliphatic rings. The van der Waals surface area contributed by atoms with Gasteiger partial charge in [-0.25, -0.2) is 4.79 Å². The molecule has 3 atom stereocenters. The fourth-order valence-corrected chi connectivity index (χ4v) is 3.41. The van der Waals surface area contributed by atoms with Crippen LogP contribution in [-0.4, -0.2) is 40.6 Å². The van der Waals surface area contributed by atoms with Gasteiger partial charge in [0.2, 0.25) is 0 Å². The molecule has 3 rings (SSSR count). The molecule has 0 aromatic carbocycles. The predicted octanol–water partition coefficient (Wildman–Crippen LogP) is 1.47. The number of rotatable bonds is 4. The van der Waals surface area contributed by atoms with E-state index in [0.717, 1.165) is 18.6 Å². The average molecular weight is 278 g/mol. The van der Waals surface area contributed by atoms with Gasteiger partial charge in [0.1, 0.15) is 5.76 Å². The molecule has 1 aromatic heterocycles. The molecule has 2 amide bonds. The minimum atomic E-state index is -0.786. The van der Waals surface area contributed by atoms with Crippen molar-refractivity contribution in [3.8, 4) is 0 Å². The Morgan fingerprint density at radius 1 is 1.45 bits per heavy atom. The van der Waals surface area contributed by atoms with Gasteiger partial charge in [-0.1, -0.05) is 0 Å². The molecule has 6 nitrogen and oxygen atoms in total. The van der Waals surface area contributed by atoms with Crippen LogP contribution in [0.5, 0.6) is 0 Å². The number of carboxylic acids is 1. The number of amides is 2. The second-order valence-corrected chi connectivity index (χ2v) is 5.45. The van der Waals surface area contributed by atoms with E-state index < -0.39 is 11.9 Å². The maximum Gasteiger partial charge on any atom is 0.317 e. The Kier molecular flexibility index (Phi) is 3.38. The van der Waals surface area contributed by atoms with E-state index in [-0.39, 0.29) is 18.1 Å². The number of hydrogen-bond donors (Lipinski definition) is 2. The van der Waals surface area contributed by atoms with Crippen LogP contribution in [0.3, 0.4) is 0 Å². The van der Waals surface area contributed by atoms with Crippen LogP contribution in [0.2, 0.25) is 0 Å². The van der Waals surface area contributed by atoms with E-state index in [4.69, 9.17) is 9.52 Å². The second kappa shape index (κ2) is 5.19. The monoisotopic (exact) mass is 278 g/mol. The van der Waals surface area contributed by atoms with Gasteiger partial charge in [0.05, 0.1) is 12.2 Å². The molecule has 2 aliphatic heterocycles. The molecule has 20 heavy (non-hydrogen) atoms. The number of hydrogen-bond acceptors (Lipinski definition) is 3. The molecule has 0 radical (unpaired) electrons. The first kappa shape index (κ1) is 13.0. The minimum Gasteiger partial charge on any atom is -0.481 e. The molecular weight excluding hydrogens is 260 g/mol. The smallest absolute Gasteiger partial charge is 0.317 e. The lowest BCUT2D eigenvalue weighted by molar-refractivity contribution is -0.142. The highest BCUT2D eigenvalue weighted by molar-refractivity contribution is 5.79. The number of nitrogens with one attached hydrogen (secondary N) is 1. The van der Waals surface area contributed by atoms with E-state index >= 15 is 0 Å². The molecule has 0 aliphatic carbocycles. The highest BCUT2D eigenvalue weighted by Gasteiger charge is 2.51. The number of aliphatic carboxylic acids is 1. The Morgan fingerprint density at radius 3 is 2.95 bits per heavy atom. The van der Waals surface area contributed by atoms with Crippen LogP contribution in [0.4, 0.5) is 4.79 Å².